The van der Waals surface area contributed by atoms with Gasteiger partial charge in [-0.15, -0.1) is 0 Å². The maximum atomic E-state index is 10.6. The van der Waals surface area contributed by atoms with Crippen LogP contribution in [0.5, 0.6) is 0 Å². The van der Waals surface area contributed by atoms with E-state index >= 15 is 0 Å². The van der Waals surface area contributed by atoms with Crippen molar-refractivity contribution in [3.63, 3.8) is 0 Å². The molecule has 2 unspecified atom stereocenters. The van der Waals surface area contributed by atoms with E-state index in [9.17, 15) is 15.0 Å². The van der Waals surface area contributed by atoms with Gasteiger partial charge < -0.3 is 15.5 Å². The molecule has 0 spiro atoms. The van der Waals surface area contributed by atoms with Crippen LogP contribution in [0.3, 0.4) is 0 Å². The molecule has 1 saturated heterocycles. The lowest BCUT2D eigenvalue weighted by Crippen LogP contribution is -2.77. The summed E-state index contributed by atoms with van der Waals surface area (Å²) in [5.41, 5.74) is 1.11. The van der Waals surface area contributed by atoms with Gasteiger partial charge in [0.2, 0.25) is 0 Å². The fourth-order valence-corrected chi connectivity index (χ4v) is 0.674. The zero-order chi connectivity index (χ0) is 8.70. The quantitative estimate of drug-likeness (QED) is 0.290. The number of rotatable bonds is 0. The highest BCUT2D eigenvalue weighted by atomic mass is 16.4. The maximum absolute atomic E-state index is 10.6. The van der Waals surface area contributed by atoms with Crippen molar-refractivity contribution in [1.29, 1.82) is 0 Å². The second kappa shape index (κ2) is 2.07. The van der Waals surface area contributed by atoms with Crippen LogP contribution in [-0.4, -0.2) is 27.7 Å². The van der Waals surface area contributed by atoms with Crippen LogP contribution < -0.4 is 16.2 Å². The molecule has 1 aliphatic rings. The molecular weight excluding hydrogens is 150 g/mol. The fourth-order valence-electron chi connectivity index (χ4n) is 0.674. The minimum absolute atomic E-state index is 0.582. The van der Waals surface area contributed by atoms with Crippen LogP contribution in [0.25, 0.3) is 0 Å². The summed E-state index contributed by atoms with van der Waals surface area (Å²) in [4.78, 5) is 10.6. The van der Waals surface area contributed by atoms with Gasteiger partial charge in [-0.05, 0) is 13.8 Å². The number of aliphatic hydroxyl groups is 2. The fraction of sp³-hybridized carbons (Fsp3) is 0.800. The zero-order valence-electron chi connectivity index (χ0n) is 6.30. The Hall–Kier alpha value is -0.850. The van der Waals surface area contributed by atoms with E-state index in [1.165, 1.54) is 13.8 Å². The molecule has 0 saturated carbocycles. The van der Waals surface area contributed by atoms with Crippen LogP contribution in [0, 0.1) is 0 Å². The number of carbonyl (C=O) groups is 1. The van der Waals surface area contributed by atoms with E-state index in [4.69, 9.17) is 0 Å². The summed E-state index contributed by atoms with van der Waals surface area (Å²) in [6, 6.07) is -0.582. The summed E-state index contributed by atoms with van der Waals surface area (Å²) in [6.07, 6.45) is 0. The van der Waals surface area contributed by atoms with Crippen LogP contribution in [-0.2, 0) is 0 Å². The van der Waals surface area contributed by atoms with Gasteiger partial charge in [0, 0.05) is 0 Å². The predicted molar refractivity (Wildman–Crippen MR) is 36.1 cm³/mol. The van der Waals surface area contributed by atoms with Crippen LogP contribution in [0.2, 0.25) is 0 Å². The third-order valence-electron chi connectivity index (χ3n) is 1.72. The van der Waals surface area contributed by atoms with E-state index in [0.717, 1.165) is 0 Å². The van der Waals surface area contributed by atoms with Crippen molar-refractivity contribution in [3.05, 3.63) is 0 Å². The van der Waals surface area contributed by atoms with Gasteiger partial charge in [0.1, 0.15) is 0 Å². The minimum atomic E-state index is -1.67. The molecule has 5 N–H and O–H groups in total. The normalized spacial score (nSPS) is 44.5. The zero-order valence-corrected chi connectivity index (χ0v) is 6.30. The molecule has 2 amide bonds. The summed E-state index contributed by atoms with van der Waals surface area (Å²) in [7, 11) is 0. The van der Waals surface area contributed by atoms with Crippen molar-refractivity contribution >= 4 is 6.03 Å². The first kappa shape index (κ1) is 8.25. The summed E-state index contributed by atoms with van der Waals surface area (Å²) in [5.74, 6) is 0. The molecule has 1 fully saturated rings. The molecule has 0 aliphatic carbocycles. The summed E-state index contributed by atoms with van der Waals surface area (Å²) in [6.45, 7) is 2.62. The number of urea groups is 1. The molecule has 0 aromatic rings. The summed E-state index contributed by atoms with van der Waals surface area (Å²) in [5, 5.41) is 20.9. The predicted octanol–water partition coefficient (Wildman–Crippen LogP) is -1.78. The molecule has 1 aliphatic heterocycles. The van der Waals surface area contributed by atoms with E-state index < -0.39 is 17.5 Å². The van der Waals surface area contributed by atoms with Gasteiger partial charge in [-0.2, -0.15) is 5.43 Å². The molecule has 64 valence electrons. The first-order valence-corrected chi connectivity index (χ1v) is 3.15. The first-order chi connectivity index (χ1) is 4.85. The molecule has 6 nitrogen and oxygen atoms in total. The Balaban J connectivity index is 2.80. The van der Waals surface area contributed by atoms with Gasteiger partial charge in [-0.3, -0.25) is 5.43 Å². The molecular formula is C5H11N3O3. The van der Waals surface area contributed by atoms with Gasteiger partial charge in [-0.25, -0.2) is 4.79 Å². The van der Waals surface area contributed by atoms with E-state index in [-0.39, 0.29) is 0 Å². The van der Waals surface area contributed by atoms with E-state index in [1.807, 2.05) is 0 Å². The SMILES string of the molecule is CC1(O)NNC(=O)NC1(C)O. The molecule has 0 radical (unpaired) electrons. The van der Waals surface area contributed by atoms with E-state index in [1.54, 1.807) is 0 Å². The number of nitrogens with one attached hydrogen (secondary N) is 3. The van der Waals surface area contributed by atoms with Gasteiger partial charge in [0.05, 0.1) is 0 Å². The highest BCUT2D eigenvalue weighted by Crippen LogP contribution is 2.16. The largest absolute Gasteiger partial charge is 0.370 e. The average Bonchev–Trinajstić information content (AvgIpc) is 1.80. The van der Waals surface area contributed by atoms with Gasteiger partial charge in [0.25, 0.3) is 0 Å². The Morgan fingerprint density at radius 3 is 2.18 bits per heavy atom. The van der Waals surface area contributed by atoms with Gasteiger partial charge in [0.15, 0.2) is 11.4 Å². The number of amides is 2. The average molecular weight is 161 g/mol. The Morgan fingerprint density at radius 2 is 1.82 bits per heavy atom. The number of hydrogen-bond acceptors (Lipinski definition) is 4. The van der Waals surface area contributed by atoms with Gasteiger partial charge in [-0.1, -0.05) is 0 Å². The number of hydrazine groups is 1. The Kier molecular flexibility index (Phi) is 1.55. The third kappa shape index (κ3) is 1.28. The van der Waals surface area contributed by atoms with Crippen LogP contribution in [0.1, 0.15) is 13.8 Å². The van der Waals surface area contributed by atoms with Crippen molar-refractivity contribution in [2.45, 2.75) is 25.3 Å². The monoisotopic (exact) mass is 161 g/mol. The van der Waals surface area contributed by atoms with Crippen molar-refractivity contribution in [1.82, 2.24) is 16.2 Å². The van der Waals surface area contributed by atoms with E-state index in [0.29, 0.717) is 0 Å². The summed E-state index contributed by atoms with van der Waals surface area (Å²) >= 11 is 0. The molecule has 11 heavy (non-hydrogen) atoms. The Labute approximate surface area is 63.6 Å². The molecule has 2 atom stereocenters. The van der Waals surface area contributed by atoms with Crippen molar-refractivity contribution in [2.75, 3.05) is 0 Å². The lowest BCUT2D eigenvalue weighted by molar-refractivity contribution is -0.176. The highest BCUT2D eigenvalue weighted by molar-refractivity contribution is 5.75. The molecule has 0 bridgehead atoms. The molecule has 6 heteroatoms. The highest BCUT2D eigenvalue weighted by Gasteiger charge is 2.46. The topological polar surface area (TPSA) is 93.6 Å². The van der Waals surface area contributed by atoms with Gasteiger partial charge >= 0.3 is 6.03 Å². The first-order valence-electron chi connectivity index (χ1n) is 3.15. The van der Waals surface area contributed by atoms with Crippen LogP contribution >= 0.6 is 0 Å². The molecule has 0 aromatic heterocycles. The number of carbonyl (C=O) groups excluding carboxylic acids is 1. The van der Waals surface area contributed by atoms with Crippen molar-refractivity contribution < 1.29 is 15.0 Å². The van der Waals surface area contributed by atoms with Crippen molar-refractivity contribution in [3.8, 4) is 0 Å². The number of hydrogen-bond donors (Lipinski definition) is 5. The molecule has 0 aromatic carbocycles. The molecule has 1 heterocycles. The smallest absolute Gasteiger partial charge is 0.331 e. The minimum Gasteiger partial charge on any atom is -0.370 e. The lowest BCUT2D eigenvalue weighted by atomic mass is 10.0. The third-order valence-corrected chi connectivity index (χ3v) is 1.72. The Morgan fingerprint density at radius 1 is 1.27 bits per heavy atom. The molecule has 1 rings (SSSR count). The van der Waals surface area contributed by atoms with Crippen LogP contribution in [0.4, 0.5) is 4.79 Å². The second-order valence-electron chi connectivity index (χ2n) is 2.85. The van der Waals surface area contributed by atoms with Crippen molar-refractivity contribution in [2.24, 2.45) is 0 Å². The maximum Gasteiger partial charge on any atom is 0.331 e. The van der Waals surface area contributed by atoms with E-state index in [2.05, 4.69) is 16.2 Å². The second-order valence-corrected chi connectivity index (χ2v) is 2.85. The lowest BCUT2D eigenvalue weighted by Gasteiger charge is -2.42. The van der Waals surface area contributed by atoms with Crippen LogP contribution in [0.15, 0.2) is 0 Å². The standard InChI is InChI=1S/C5H11N3O3/c1-4(10)5(2,11)8-7-3(9)6-4/h8,10-11H,1-2H3,(H2,6,7,9). The Bertz CT molecular complexity index is 189. The summed E-state index contributed by atoms with van der Waals surface area (Å²) < 4.78 is 0.